The first kappa shape index (κ1) is 14.9. The molecule has 2 heterocycles. The standard InChI is InChI=1S/C10H13N3O3S.ClH/c1-7-6-12(5-4-11-7)10(14)8-2-3-9(17-8)13(15)16;/h2-3,7,11H,4-6H2,1H3;1H/t7-;/m1./s1. The van der Waals surface area contributed by atoms with Crippen molar-refractivity contribution in [3.63, 3.8) is 0 Å². The van der Waals surface area contributed by atoms with E-state index in [0.717, 1.165) is 17.9 Å². The average Bonchev–Trinajstić information content (AvgIpc) is 2.77. The van der Waals surface area contributed by atoms with Crippen LogP contribution in [0.3, 0.4) is 0 Å². The van der Waals surface area contributed by atoms with Gasteiger partial charge in [0.25, 0.3) is 5.91 Å². The molecule has 1 fully saturated rings. The zero-order valence-corrected chi connectivity index (χ0v) is 11.4. The van der Waals surface area contributed by atoms with Crippen molar-refractivity contribution in [3.05, 3.63) is 27.1 Å². The van der Waals surface area contributed by atoms with Crippen molar-refractivity contribution in [1.82, 2.24) is 10.2 Å². The summed E-state index contributed by atoms with van der Waals surface area (Å²) < 4.78 is 0. The normalized spacial score (nSPS) is 19.2. The zero-order valence-electron chi connectivity index (χ0n) is 9.79. The molecule has 1 aromatic rings. The van der Waals surface area contributed by atoms with Crippen molar-refractivity contribution >= 4 is 34.7 Å². The lowest BCUT2D eigenvalue weighted by Crippen LogP contribution is -2.51. The van der Waals surface area contributed by atoms with Crippen molar-refractivity contribution < 1.29 is 9.72 Å². The number of nitro groups is 1. The summed E-state index contributed by atoms with van der Waals surface area (Å²) in [5.41, 5.74) is 0. The van der Waals surface area contributed by atoms with Gasteiger partial charge in [0, 0.05) is 31.7 Å². The van der Waals surface area contributed by atoms with Gasteiger partial charge in [0.05, 0.1) is 9.80 Å². The Morgan fingerprint density at radius 3 is 2.89 bits per heavy atom. The minimum Gasteiger partial charge on any atom is -0.335 e. The van der Waals surface area contributed by atoms with Crippen molar-refractivity contribution in [2.24, 2.45) is 0 Å². The lowest BCUT2D eigenvalue weighted by atomic mass is 10.2. The number of amides is 1. The second kappa shape index (κ2) is 6.12. The molecule has 0 unspecified atom stereocenters. The molecule has 0 saturated carbocycles. The summed E-state index contributed by atoms with van der Waals surface area (Å²) in [6.07, 6.45) is 0. The minimum absolute atomic E-state index is 0. The van der Waals surface area contributed by atoms with Gasteiger partial charge in [-0.15, -0.1) is 12.4 Å². The Morgan fingerprint density at radius 2 is 2.33 bits per heavy atom. The number of carbonyl (C=O) groups excluding carboxylic acids is 1. The Hall–Kier alpha value is -1.18. The van der Waals surface area contributed by atoms with Gasteiger partial charge in [-0.3, -0.25) is 14.9 Å². The largest absolute Gasteiger partial charge is 0.335 e. The van der Waals surface area contributed by atoms with E-state index in [2.05, 4.69) is 5.32 Å². The second-order valence-corrected chi connectivity index (χ2v) is 5.06. The first-order chi connectivity index (χ1) is 8.08. The third-order valence-corrected chi connectivity index (χ3v) is 3.66. The van der Waals surface area contributed by atoms with Crippen LogP contribution in [-0.2, 0) is 0 Å². The third-order valence-electron chi connectivity index (χ3n) is 2.64. The van der Waals surface area contributed by atoms with Crippen LogP contribution in [-0.4, -0.2) is 41.4 Å². The molecule has 18 heavy (non-hydrogen) atoms. The Balaban J connectivity index is 0.00000162. The van der Waals surface area contributed by atoms with E-state index in [0.29, 0.717) is 18.0 Å². The number of piperazine rings is 1. The third kappa shape index (κ3) is 3.18. The van der Waals surface area contributed by atoms with E-state index >= 15 is 0 Å². The molecular formula is C10H14ClN3O3S. The van der Waals surface area contributed by atoms with Crippen LogP contribution in [0.15, 0.2) is 12.1 Å². The molecule has 1 aromatic heterocycles. The van der Waals surface area contributed by atoms with Crippen molar-refractivity contribution in [3.8, 4) is 0 Å². The fourth-order valence-corrected chi connectivity index (χ4v) is 2.60. The molecule has 1 N–H and O–H groups in total. The van der Waals surface area contributed by atoms with Gasteiger partial charge in [-0.2, -0.15) is 0 Å². The van der Waals surface area contributed by atoms with E-state index in [1.165, 1.54) is 12.1 Å². The molecule has 1 amide bonds. The van der Waals surface area contributed by atoms with E-state index in [4.69, 9.17) is 0 Å². The summed E-state index contributed by atoms with van der Waals surface area (Å²) in [6, 6.07) is 3.17. The molecule has 0 spiro atoms. The van der Waals surface area contributed by atoms with Crippen molar-refractivity contribution in [2.45, 2.75) is 13.0 Å². The highest BCUT2D eigenvalue weighted by Crippen LogP contribution is 2.25. The van der Waals surface area contributed by atoms with Gasteiger partial charge in [-0.1, -0.05) is 11.3 Å². The molecule has 1 atom stereocenters. The Morgan fingerprint density at radius 1 is 1.61 bits per heavy atom. The van der Waals surface area contributed by atoms with Gasteiger partial charge in [0.2, 0.25) is 0 Å². The van der Waals surface area contributed by atoms with Crippen LogP contribution in [0.2, 0.25) is 0 Å². The smallest absolute Gasteiger partial charge is 0.324 e. The van der Waals surface area contributed by atoms with Crippen LogP contribution in [0.4, 0.5) is 5.00 Å². The monoisotopic (exact) mass is 291 g/mol. The predicted octanol–water partition coefficient (Wildman–Crippen LogP) is 1.51. The van der Waals surface area contributed by atoms with Gasteiger partial charge in [0.15, 0.2) is 0 Å². The van der Waals surface area contributed by atoms with Crippen molar-refractivity contribution in [2.75, 3.05) is 19.6 Å². The topological polar surface area (TPSA) is 75.5 Å². The summed E-state index contributed by atoms with van der Waals surface area (Å²) in [5.74, 6) is -0.114. The fraction of sp³-hybridized carbons (Fsp3) is 0.500. The molecule has 1 aliphatic heterocycles. The van der Waals surface area contributed by atoms with Gasteiger partial charge in [-0.05, 0) is 13.0 Å². The summed E-state index contributed by atoms with van der Waals surface area (Å²) in [6.45, 7) is 4.07. The Kier molecular flexibility index (Phi) is 5.06. The maximum Gasteiger partial charge on any atom is 0.324 e. The van der Waals surface area contributed by atoms with Crippen LogP contribution in [0.5, 0.6) is 0 Å². The molecule has 0 radical (unpaired) electrons. The summed E-state index contributed by atoms with van der Waals surface area (Å²) in [7, 11) is 0. The minimum atomic E-state index is -0.470. The average molecular weight is 292 g/mol. The fourth-order valence-electron chi connectivity index (χ4n) is 1.81. The van der Waals surface area contributed by atoms with Crippen LogP contribution in [0.1, 0.15) is 16.6 Å². The van der Waals surface area contributed by atoms with E-state index in [1.54, 1.807) is 4.90 Å². The predicted molar refractivity (Wildman–Crippen MR) is 71.6 cm³/mol. The molecule has 2 rings (SSSR count). The highest BCUT2D eigenvalue weighted by molar-refractivity contribution is 7.17. The highest BCUT2D eigenvalue weighted by atomic mass is 35.5. The lowest BCUT2D eigenvalue weighted by molar-refractivity contribution is -0.380. The number of carbonyl (C=O) groups is 1. The van der Waals surface area contributed by atoms with Gasteiger partial charge >= 0.3 is 5.00 Å². The summed E-state index contributed by atoms with van der Waals surface area (Å²) in [4.78, 5) is 24.3. The second-order valence-electron chi connectivity index (χ2n) is 4.00. The molecular weight excluding hydrogens is 278 g/mol. The van der Waals surface area contributed by atoms with Gasteiger partial charge in [0.1, 0.15) is 0 Å². The molecule has 1 saturated heterocycles. The molecule has 100 valence electrons. The first-order valence-electron chi connectivity index (χ1n) is 5.35. The molecule has 0 aliphatic carbocycles. The van der Waals surface area contributed by atoms with E-state index in [-0.39, 0.29) is 29.4 Å². The first-order valence-corrected chi connectivity index (χ1v) is 6.16. The lowest BCUT2D eigenvalue weighted by Gasteiger charge is -2.31. The molecule has 1 aliphatic rings. The van der Waals surface area contributed by atoms with Crippen LogP contribution in [0.25, 0.3) is 0 Å². The summed E-state index contributed by atoms with van der Waals surface area (Å²) in [5, 5.41) is 13.8. The number of thiophene rings is 1. The molecule has 8 heteroatoms. The van der Waals surface area contributed by atoms with Crippen LogP contribution < -0.4 is 5.32 Å². The quantitative estimate of drug-likeness (QED) is 0.662. The van der Waals surface area contributed by atoms with Gasteiger partial charge in [-0.25, -0.2) is 0 Å². The number of hydrogen-bond acceptors (Lipinski definition) is 5. The number of rotatable bonds is 2. The number of halogens is 1. The van der Waals surface area contributed by atoms with E-state index in [9.17, 15) is 14.9 Å². The summed E-state index contributed by atoms with van der Waals surface area (Å²) >= 11 is 0.933. The van der Waals surface area contributed by atoms with Gasteiger partial charge < -0.3 is 10.2 Å². The van der Waals surface area contributed by atoms with Crippen LogP contribution >= 0.6 is 23.7 Å². The zero-order chi connectivity index (χ0) is 12.4. The molecule has 6 nitrogen and oxygen atoms in total. The van der Waals surface area contributed by atoms with Crippen LogP contribution in [0, 0.1) is 10.1 Å². The highest BCUT2D eigenvalue weighted by Gasteiger charge is 2.24. The van der Waals surface area contributed by atoms with E-state index < -0.39 is 4.92 Å². The SMILES string of the molecule is C[C@@H]1CN(C(=O)c2ccc([N+](=O)[O-])s2)CCN1.Cl. The Labute approximate surface area is 115 Å². The number of nitrogens with zero attached hydrogens (tertiary/aromatic N) is 2. The van der Waals surface area contributed by atoms with E-state index in [1.807, 2.05) is 6.92 Å². The Bertz CT molecular complexity index is 451. The number of hydrogen-bond donors (Lipinski definition) is 1. The maximum absolute atomic E-state index is 12.1. The molecule has 0 bridgehead atoms. The molecule has 0 aromatic carbocycles. The van der Waals surface area contributed by atoms with Crippen molar-refractivity contribution in [1.29, 1.82) is 0 Å². The maximum atomic E-state index is 12.1. The number of nitrogens with one attached hydrogen (secondary N) is 1.